The van der Waals surface area contributed by atoms with Crippen LogP contribution in [0.2, 0.25) is 0 Å². The van der Waals surface area contributed by atoms with Crippen LogP contribution in [0.3, 0.4) is 0 Å². The van der Waals surface area contributed by atoms with Gasteiger partial charge in [0.1, 0.15) is 0 Å². The first kappa shape index (κ1) is 29.9. The van der Waals surface area contributed by atoms with Gasteiger partial charge < -0.3 is 26.2 Å². The third-order valence-corrected chi connectivity index (χ3v) is 0. The van der Waals surface area contributed by atoms with Gasteiger partial charge in [-0.2, -0.15) is 19.3 Å². The van der Waals surface area contributed by atoms with E-state index in [-0.39, 0.29) is 27.2 Å². The summed E-state index contributed by atoms with van der Waals surface area (Å²) in [7, 11) is 0. The summed E-state index contributed by atoms with van der Waals surface area (Å²) in [5.74, 6) is 0. The minimum atomic E-state index is 0. The van der Waals surface area contributed by atoms with Gasteiger partial charge in [0.15, 0.2) is 0 Å². The molecule has 0 rings (SSSR count). The molecule has 0 spiro atoms. The van der Waals surface area contributed by atoms with E-state index in [0.717, 1.165) is 19.3 Å². The van der Waals surface area contributed by atoms with E-state index < -0.39 is 0 Å². The van der Waals surface area contributed by atoms with Crippen molar-refractivity contribution in [3.8, 4) is 0 Å². The Labute approximate surface area is 88.2 Å². The molecule has 70 valence electrons. The van der Waals surface area contributed by atoms with Crippen molar-refractivity contribution in [1.29, 1.82) is 0 Å². The van der Waals surface area contributed by atoms with E-state index in [1.54, 1.807) is 0 Å². The van der Waals surface area contributed by atoms with Gasteiger partial charge >= 0.3 is 21.7 Å². The van der Waals surface area contributed by atoms with Crippen molar-refractivity contribution < 1.29 is 27.2 Å². The molecule has 0 aromatic carbocycles. The number of hydrogen-bond donors (Lipinski definition) is 0. The van der Waals surface area contributed by atoms with Gasteiger partial charge in [0.2, 0.25) is 0 Å². The van der Waals surface area contributed by atoms with Crippen LogP contribution in [-0.2, 0) is 27.2 Å². The van der Waals surface area contributed by atoms with Gasteiger partial charge in [0.25, 0.3) is 0 Å². The first-order valence-electron chi connectivity index (χ1n) is 3.62. The van der Waals surface area contributed by atoms with Crippen LogP contribution in [0, 0.1) is 20.8 Å². The second-order valence-electron chi connectivity index (χ2n) is 1.50. The van der Waals surface area contributed by atoms with Crippen molar-refractivity contribution in [1.82, 2.24) is 0 Å². The quantitative estimate of drug-likeness (QED) is 0.415. The summed E-state index contributed by atoms with van der Waals surface area (Å²) >= 11 is 0. The molecule has 0 aliphatic rings. The zero-order chi connectivity index (χ0) is 8.12. The predicted octanol–water partition coefficient (Wildman–Crippen LogP) is 3.57. The van der Waals surface area contributed by atoms with Gasteiger partial charge in [-0.1, -0.05) is 20.8 Å². The Morgan fingerprint density at radius 2 is 0.727 bits per heavy atom. The van der Waals surface area contributed by atoms with E-state index in [0.29, 0.717) is 0 Å². The normalized spacial score (nSPS) is 4.91. The van der Waals surface area contributed by atoms with E-state index in [4.69, 9.17) is 0 Å². The molecule has 0 aliphatic carbocycles. The Morgan fingerprint density at radius 3 is 0.727 bits per heavy atom. The Balaban J connectivity index is -0.0000000150. The Bertz CT molecular complexity index is 14.3. The van der Waals surface area contributed by atoms with E-state index >= 15 is 0 Å². The molecule has 0 aliphatic heterocycles. The van der Waals surface area contributed by atoms with Crippen LogP contribution in [0.4, 0.5) is 0 Å². The van der Waals surface area contributed by atoms with Crippen molar-refractivity contribution in [2.45, 2.75) is 40.0 Å². The summed E-state index contributed by atoms with van der Waals surface area (Å²) in [4.78, 5) is 0. The summed E-state index contributed by atoms with van der Waals surface area (Å²) in [6.45, 7) is 16.5. The minimum Gasteiger partial charge on any atom is -2.00 e. The summed E-state index contributed by atoms with van der Waals surface area (Å²) in [6.07, 6.45) is 3.00. The van der Waals surface area contributed by atoms with Crippen molar-refractivity contribution in [2.75, 3.05) is 0 Å². The Morgan fingerprint density at radius 1 is 0.727 bits per heavy atom. The molecule has 0 fully saturated rings. The molecule has 0 aromatic rings. The zero-order valence-corrected chi connectivity index (χ0v) is 9.71. The van der Waals surface area contributed by atoms with Crippen LogP contribution in [0.5, 0.6) is 0 Å². The summed E-state index contributed by atoms with van der Waals surface area (Å²) in [6, 6.07) is 0. The van der Waals surface area contributed by atoms with E-state index in [1.807, 2.05) is 20.8 Å². The molecule has 2 heteroatoms. The molecule has 0 unspecified atom stereocenters. The van der Waals surface area contributed by atoms with E-state index in [9.17, 15) is 0 Å². The molecular weight excluding hydrogens is 172 g/mol. The molecule has 0 radical (unpaired) electrons. The average Bonchev–Trinajstić information content (AvgIpc) is 1.70. The third-order valence-electron chi connectivity index (χ3n) is 0. The number of rotatable bonds is 0. The smallest absolute Gasteiger partial charge is 2.00 e. The standard InChI is InChI=1S/3C3H7.O.Ti/c3*1-3-2;;/h3*1,3H2,2H3;;/q3*-1;-2;+2. The van der Waals surface area contributed by atoms with Crippen LogP contribution < -0.4 is 0 Å². The van der Waals surface area contributed by atoms with E-state index in [2.05, 4.69) is 20.8 Å². The zero-order valence-electron chi connectivity index (χ0n) is 8.15. The fourth-order valence-electron chi connectivity index (χ4n) is 0. The van der Waals surface area contributed by atoms with Crippen LogP contribution in [0.25, 0.3) is 0 Å². The van der Waals surface area contributed by atoms with Crippen LogP contribution in [0.15, 0.2) is 0 Å². The van der Waals surface area contributed by atoms with Crippen molar-refractivity contribution >= 4 is 0 Å². The SMILES string of the molecule is [CH2-]CC.[CH2-]CC.[CH2-]CC.[O-2].[Ti+2]. The summed E-state index contributed by atoms with van der Waals surface area (Å²) in [5.41, 5.74) is 0. The Kier molecular flexibility index (Phi) is 201. The van der Waals surface area contributed by atoms with Gasteiger partial charge in [-0.25, -0.2) is 0 Å². The fourth-order valence-corrected chi connectivity index (χ4v) is 0. The third kappa shape index (κ3) is 1770. The van der Waals surface area contributed by atoms with Crippen LogP contribution in [0.1, 0.15) is 40.0 Å². The summed E-state index contributed by atoms with van der Waals surface area (Å²) in [5, 5.41) is 0. The van der Waals surface area contributed by atoms with Gasteiger partial charge in [-0.15, -0.1) is 0 Å². The summed E-state index contributed by atoms with van der Waals surface area (Å²) < 4.78 is 0. The second-order valence-corrected chi connectivity index (χ2v) is 1.50. The molecule has 0 N–H and O–H groups in total. The fraction of sp³-hybridized carbons (Fsp3) is 0.667. The van der Waals surface area contributed by atoms with Crippen molar-refractivity contribution in [3.05, 3.63) is 20.8 Å². The molecule has 0 aromatic heterocycles. The maximum atomic E-state index is 3.49. The predicted molar refractivity (Wildman–Crippen MR) is 47.6 cm³/mol. The molecule has 11 heavy (non-hydrogen) atoms. The second kappa shape index (κ2) is 74.0. The first-order chi connectivity index (χ1) is 4.24. The van der Waals surface area contributed by atoms with Crippen molar-refractivity contribution in [2.24, 2.45) is 0 Å². The Hall–Kier alpha value is 0.674. The largest absolute Gasteiger partial charge is 2.00 e. The molecule has 0 saturated heterocycles. The molecule has 0 bridgehead atoms. The monoisotopic (exact) mass is 193 g/mol. The van der Waals surface area contributed by atoms with Crippen molar-refractivity contribution in [3.63, 3.8) is 0 Å². The van der Waals surface area contributed by atoms with Crippen LogP contribution >= 0.6 is 0 Å². The van der Waals surface area contributed by atoms with Gasteiger partial charge in [0.05, 0.1) is 0 Å². The first-order valence-corrected chi connectivity index (χ1v) is 3.62. The molecule has 1 nitrogen and oxygen atoms in total. The van der Waals surface area contributed by atoms with Gasteiger partial charge in [0, 0.05) is 0 Å². The maximum Gasteiger partial charge on any atom is 2.00 e. The topological polar surface area (TPSA) is 28.5 Å². The van der Waals surface area contributed by atoms with Gasteiger partial charge in [-0.05, 0) is 0 Å². The molecule has 0 heterocycles. The average molecular weight is 193 g/mol. The molecule has 0 amide bonds. The van der Waals surface area contributed by atoms with Gasteiger partial charge in [-0.3, -0.25) is 0 Å². The minimum absolute atomic E-state index is 0. The van der Waals surface area contributed by atoms with E-state index in [1.165, 1.54) is 0 Å². The maximum absolute atomic E-state index is 3.49. The molecular formula is C9H21OTi-3. The number of hydrogen-bond acceptors (Lipinski definition) is 0. The molecule has 0 atom stereocenters. The van der Waals surface area contributed by atoms with Crippen LogP contribution in [-0.4, -0.2) is 0 Å². The molecule has 0 saturated carbocycles.